The standard InChI is InChI=1S/C8H5N3O/c9-4-6-2-1-3-11-7(12)5-10-8(6)11/h1-3,5,12H. The smallest absolute Gasteiger partial charge is 0.215 e. The molecule has 0 atom stereocenters. The summed E-state index contributed by atoms with van der Waals surface area (Å²) in [4.78, 5) is 3.88. The molecule has 0 aliphatic heterocycles. The van der Waals surface area contributed by atoms with Crippen LogP contribution in [0.1, 0.15) is 5.56 Å². The molecule has 0 saturated carbocycles. The molecule has 0 amide bonds. The predicted molar refractivity (Wildman–Crippen MR) is 41.6 cm³/mol. The minimum Gasteiger partial charge on any atom is -0.493 e. The fraction of sp³-hybridized carbons (Fsp3) is 0. The van der Waals surface area contributed by atoms with Gasteiger partial charge >= 0.3 is 0 Å². The first kappa shape index (κ1) is 6.68. The Kier molecular flexibility index (Phi) is 1.25. The summed E-state index contributed by atoms with van der Waals surface area (Å²) in [6.45, 7) is 0. The molecule has 0 unspecified atom stereocenters. The van der Waals surface area contributed by atoms with Crippen LogP contribution in [0.2, 0.25) is 0 Å². The quantitative estimate of drug-likeness (QED) is 0.621. The SMILES string of the molecule is N#Cc1cccn2c(O)cnc12. The molecular weight excluding hydrogens is 154 g/mol. The van der Waals surface area contributed by atoms with E-state index in [2.05, 4.69) is 4.98 Å². The molecule has 1 N–H and O–H groups in total. The summed E-state index contributed by atoms with van der Waals surface area (Å²) in [5.74, 6) is 0.0436. The van der Waals surface area contributed by atoms with E-state index in [1.807, 2.05) is 6.07 Å². The molecule has 0 saturated heterocycles. The summed E-state index contributed by atoms with van der Waals surface area (Å²) in [5, 5.41) is 17.9. The third-order valence-corrected chi connectivity index (χ3v) is 1.64. The molecular formula is C8H5N3O. The molecule has 2 aromatic rings. The van der Waals surface area contributed by atoms with Gasteiger partial charge in [0.05, 0.1) is 11.8 Å². The molecule has 0 aliphatic carbocycles. The van der Waals surface area contributed by atoms with Crippen molar-refractivity contribution in [2.24, 2.45) is 0 Å². The van der Waals surface area contributed by atoms with Crippen molar-refractivity contribution < 1.29 is 5.11 Å². The van der Waals surface area contributed by atoms with Crippen LogP contribution >= 0.6 is 0 Å². The van der Waals surface area contributed by atoms with Crippen LogP contribution in [-0.4, -0.2) is 14.5 Å². The van der Waals surface area contributed by atoms with E-state index in [4.69, 9.17) is 5.26 Å². The second-order valence-electron chi connectivity index (χ2n) is 2.34. The van der Waals surface area contributed by atoms with E-state index in [9.17, 15) is 5.11 Å². The van der Waals surface area contributed by atoms with Gasteiger partial charge < -0.3 is 5.11 Å². The largest absolute Gasteiger partial charge is 0.493 e. The zero-order valence-electron chi connectivity index (χ0n) is 6.10. The predicted octanol–water partition coefficient (Wildman–Crippen LogP) is 0.912. The van der Waals surface area contributed by atoms with Gasteiger partial charge in [-0.25, -0.2) is 4.98 Å². The minimum absolute atomic E-state index is 0.0436. The molecule has 0 fully saturated rings. The summed E-state index contributed by atoms with van der Waals surface area (Å²) < 4.78 is 1.46. The molecule has 4 heteroatoms. The van der Waals surface area contributed by atoms with Crippen LogP contribution < -0.4 is 0 Å². The number of fused-ring (bicyclic) bond motifs is 1. The lowest BCUT2D eigenvalue weighted by Crippen LogP contribution is -1.86. The number of aromatic nitrogens is 2. The Morgan fingerprint density at radius 1 is 1.58 bits per heavy atom. The lowest BCUT2D eigenvalue weighted by Gasteiger charge is -1.94. The summed E-state index contributed by atoms with van der Waals surface area (Å²) in [5.41, 5.74) is 0.940. The first-order valence-electron chi connectivity index (χ1n) is 3.38. The van der Waals surface area contributed by atoms with Gasteiger partial charge in [0.15, 0.2) is 5.65 Å². The van der Waals surface area contributed by atoms with E-state index in [1.54, 1.807) is 18.3 Å². The summed E-state index contributed by atoms with van der Waals surface area (Å²) in [6, 6.07) is 5.33. The van der Waals surface area contributed by atoms with E-state index >= 15 is 0 Å². The van der Waals surface area contributed by atoms with Crippen LogP contribution in [0.5, 0.6) is 5.88 Å². The van der Waals surface area contributed by atoms with Gasteiger partial charge in [-0.05, 0) is 12.1 Å². The Labute approximate surface area is 68.3 Å². The normalized spacial score (nSPS) is 9.92. The van der Waals surface area contributed by atoms with E-state index in [-0.39, 0.29) is 5.88 Å². The van der Waals surface area contributed by atoms with Crippen molar-refractivity contribution in [1.29, 1.82) is 5.26 Å². The van der Waals surface area contributed by atoms with Crippen LogP contribution in [0.4, 0.5) is 0 Å². The Morgan fingerprint density at radius 2 is 2.42 bits per heavy atom. The maximum atomic E-state index is 9.22. The van der Waals surface area contributed by atoms with Crippen LogP contribution in [0, 0.1) is 11.3 Å². The number of nitriles is 1. The highest BCUT2D eigenvalue weighted by Crippen LogP contribution is 2.14. The minimum atomic E-state index is 0.0436. The highest BCUT2D eigenvalue weighted by molar-refractivity contribution is 5.56. The van der Waals surface area contributed by atoms with Gasteiger partial charge in [-0.3, -0.25) is 4.40 Å². The van der Waals surface area contributed by atoms with Crippen molar-refractivity contribution in [3.63, 3.8) is 0 Å². The number of aromatic hydroxyl groups is 1. The molecule has 58 valence electrons. The molecule has 0 aromatic carbocycles. The molecule has 2 aromatic heterocycles. The fourth-order valence-corrected chi connectivity index (χ4v) is 1.09. The van der Waals surface area contributed by atoms with E-state index in [0.29, 0.717) is 11.2 Å². The van der Waals surface area contributed by atoms with Crippen molar-refractivity contribution in [1.82, 2.24) is 9.38 Å². The maximum Gasteiger partial charge on any atom is 0.215 e. The van der Waals surface area contributed by atoms with Gasteiger partial charge in [0.25, 0.3) is 0 Å². The highest BCUT2D eigenvalue weighted by Gasteiger charge is 2.03. The van der Waals surface area contributed by atoms with Crippen molar-refractivity contribution in [3.05, 3.63) is 30.1 Å². The van der Waals surface area contributed by atoms with Crippen LogP contribution in [0.25, 0.3) is 5.65 Å². The summed E-state index contributed by atoms with van der Waals surface area (Å²) in [7, 11) is 0. The number of rotatable bonds is 0. The third-order valence-electron chi connectivity index (χ3n) is 1.64. The Bertz CT molecular complexity index is 467. The second-order valence-corrected chi connectivity index (χ2v) is 2.34. The number of imidazole rings is 1. The van der Waals surface area contributed by atoms with E-state index in [0.717, 1.165) is 0 Å². The summed E-state index contributed by atoms with van der Waals surface area (Å²) in [6.07, 6.45) is 2.97. The van der Waals surface area contributed by atoms with Gasteiger partial charge in [-0.2, -0.15) is 5.26 Å². The van der Waals surface area contributed by atoms with Gasteiger partial charge in [-0.1, -0.05) is 0 Å². The van der Waals surface area contributed by atoms with Crippen molar-refractivity contribution in [2.75, 3.05) is 0 Å². The Hall–Kier alpha value is -2.02. The molecule has 0 spiro atoms. The number of pyridine rings is 1. The molecule has 0 aliphatic rings. The average Bonchev–Trinajstić information content (AvgIpc) is 2.48. The van der Waals surface area contributed by atoms with Gasteiger partial charge in [0.2, 0.25) is 5.88 Å². The van der Waals surface area contributed by atoms with Gasteiger partial charge in [-0.15, -0.1) is 0 Å². The molecule has 2 rings (SSSR count). The number of hydrogen-bond acceptors (Lipinski definition) is 3. The lowest BCUT2D eigenvalue weighted by molar-refractivity contribution is 0.448. The maximum absolute atomic E-state index is 9.22. The van der Waals surface area contributed by atoms with Crippen LogP contribution in [0.3, 0.4) is 0 Å². The highest BCUT2D eigenvalue weighted by atomic mass is 16.3. The second kappa shape index (κ2) is 2.24. The first-order chi connectivity index (χ1) is 5.83. The third kappa shape index (κ3) is 0.736. The zero-order chi connectivity index (χ0) is 8.55. The molecule has 4 nitrogen and oxygen atoms in total. The van der Waals surface area contributed by atoms with E-state index in [1.165, 1.54) is 10.6 Å². The van der Waals surface area contributed by atoms with Crippen molar-refractivity contribution in [3.8, 4) is 11.9 Å². The monoisotopic (exact) mass is 159 g/mol. The summed E-state index contributed by atoms with van der Waals surface area (Å²) >= 11 is 0. The molecule has 2 heterocycles. The Morgan fingerprint density at radius 3 is 3.17 bits per heavy atom. The molecule has 0 radical (unpaired) electrons. The molecule has 0 bridgehead atoms. The molecule has 12 heavy (non-hydrogen) atoms. The fourth-order valence-electron chi connectivity index (χ4n) is 1.09. The van der Waals surface area contributed by atoms with Gasteiger partial charge in [0, 0.05) is 6.20 Å². The van der Waals surface area contributed by atoms with E-state index < -0.39 is 0 Å². The van der Waals surface area contributed by atoms with Crippen molar-refractivity contribution in [2.45, 2.75) is 0 Å². The lowest BCUT2D eigenvalue weighted by atomic mass is 10.3. The van der Waals surface area contributed by atoms with Crippen molar-refractivity contribution >= 4 is 5.65 Å². The average molecular weight is 159 g/mol. The Balaban J connectivity index is 2.92. The topological polar surface area (TPSA) is 61.3 Å². The van der Waals surface area contributed by atoms with Gasteiger partial charge in [0.1, 0.15) is 6.07 Å². The van der Waals surface area contributed by atoms with Crippen LogP contribution in [-0.2, 0) is 0 Å². The number of hydrogen-bond donors (Lipinski definition) is 1. The van der Waals surface area contributed by atoms with Crippen LogP contribution in [0.15, 0.2) is 24.5 Å². The zero-order valence-corrected chi connectivity index (χ0v) is 6.10. The first-order valence-corrected chi connectivity index (χ1v) is 3.38. The number of nitrogens with zero attached hydrogens (tertiary/aromatic N) is 3.